The molecule has 0 fully saturated rings. The number of aliphatic hydroxyl groups excluding tert-OH is 1. The van der Waals surface area contributed by atoms with Crippen molar-refractivity contribution < 1.29 is 22.7 Å². The number of hydrogen-bond donors (Lipinski definition) is 1. The van der Waals surface area contributed by atoms with Gasteiger partial charge in [0.1, 0.15) is 35.1 Å². The molecule has 1 heterocycles. The Bertz CT molecular complexity index is 523. The lowest BCUT2D eigenvalue weighted by Gasteiger charge is -2.03. The van der Waals surface area contributed by atoms with Crippen LogP contribution in [0.4, 0.5) is 13.2 Å². The van der Waals surface area contributed by atoms with E-state index in [0.717, 1.165) is 0 Å². The maximum Gasteiger partial charge on any atom is 0.140 e. The van der Waals surface area contributed by atoms with Gasteiger partial charge < -0.3 is 9.52 Å². The lowest BCUT2D eigenvalue weighted by atomic mass is 10.1. The van der Waals surface area contributed by atoms with Gasteiger partial charge in [-0.15, -0.1) is 0 Å². The number of aliphatic hydroxyl groups is 1. The first-order valence-electron chi connectivity index (χ1n) is 4.91. The molecule has 0 saturated carbocycles. The van der Waals surface area contributed by atoms with Gasteiger partial charge in [0.25, 0.3) is 0 Å². The van der Waals surface area contributed by atoms with Crippen molar-refractivity contribution in [3.63, 3.8) is 0 Å². The average molecular weight is 242 g/mol. The number of hydrogen-bond acceptors (Lipinski definition) is 2. The van der Waals surface area contributed by atoms with Gasteiger partial charge in [0.2, 0.25) is 0 Å². The van der Waals surface area contributed by atoms with Crippen molar-refractivity contribution in [1.82, 2.24) is 0 Å². The summed E-state index contributed by atoms with van der Waals surface area (Å²) in [7, 11) is 0. The van der Waals surface area contributed by atoms with Gasteiger partial charge in [-0.1, -0.05) is 0 Å². The molecule has 0 aliphatic rings. The number of benzene rings is 1. The van der Waals surface area contributed by atoms with Gasteiger partial charge in [-0.2, -0.15) is 0 Å². The van der Waals surface area contributed by atoms with Crippen LogP contribution in [0.2, 0.25) is 0 Å². The van der Waals surface area contributed by atoms with Crippen molar-refractivity contribution in [2.45, 2.75) is 13.0 Å². The van der Waals surface area contributed by atoms with Crippen LogP contribution >= 0.6 is 0 Å². The van der Waals surface area contributed by atoms with E-state index in [1.54, 1.807) is 0 Å². The molecule has 0 aliphatic carbocycles. The Labute approximate surface area is 95.3 Å². The van der Waals surface area contributed by atoms with Gasteiger partial charge in [0, 0.05) is 12.1 Å². The van der Waals surface area contributed by atoms with Crippen molar-refractivity contribution in [3.8, 4) is 11.3 Å². The monoisotopic (exact) mass is 242 g/mol. The van der Waals surface area contributed by atoms with Crippen molar-refractivity contribution in [1.29, 1.82) is 0 Å². The number of rotatable bonds is 2. The van der Waals surface area contributed by atoms with E-state index in [9.17, 15) is 18.3 Å². The summed E-state index contributed by atoms with van der Waals surface area (Å²) in [6.07, 6.45) is -0.879. The summed E-state index contributed by atoms with van der Waals surface area (Å²) in [5.41, 5.74) is -0.446. The Morgan fingerprint density at radius 3 is 2.18 bits per heavy atom. The quantitative estimate of drug-likeness (QED) is 0.875. The lowest BCUT2D eigenvalue weighted by Crippen LogP contribution is -1.91. The van der Waals surface area contributed by atoms with Crippen LogP contribution in [0.5, 0.6) is 0 Å². The van der Waals surface area contributed by atoms with E-state index in [1.165, 1.54) is 19.1 Å². The lowest BCUT2D eigenvalue weighted by molar-refractivity contribution is 0.170. The second-order valence-corrected chi connectivity index (χ2v) is 3.62. The fourth-order valence-electron chi connectivity index (χ4n) is 1.49. The summed E-state index contributed by atoms with van der Waals surface area (Å²) in [6, 6.07) is 3.87. The Kier molecular flexibility index (Phi) is 2.93. The van der Waals surface area contributed by atoms with E-state index in [0.29, 0.717) is 12.1 Å². The summed E-state index contributed by atoms with van der Waals surface area (Å²) < 4.78 is 44.6. The zero-order chi connectivity index (χ0) is 12.6. The van der Waals surface area contributed by atoms with Crippen LogP contribution in [0, 0.1) is 17.5 Å². The fraction of sp³-hybridized carbons (Fsp3) is 0.167. The van der Waals surface area contributed by atoms with Gasteiger partial charge in [-0.3, -0.25) is 0 Å². The highest BCUT2D eigenvalue weighted by Gasteiger charge is 2.17. The van der Waals surface area contributed by atoms with Crippen molar-refractivity contribution in [2.24, 2.45) is 0 Å². The highest BCUT2D eigenvalue weighted by atomic mass is 19.1. The second kappa shape index (κ2) is 4.25. The van der Waals surface area contributed by atoms with Crippen LogP contribution in [-0.2, 0) is 0 Å². The highest BCUT2D eigenvalue weighted by Crippen LogP contribution is 2.30. The minimum Gasteiger partial charge on any atom is -0.458 e. The molecule has 0 spiro atoms. The molecule has 2 nitrogen and oxygen atoms in total. The maximum absolute atomic E-state index is 13.4. The van der Waals surface area contributed by atoms with Crippen LogP contribution < -0.4 is 0 Å². The Morgan fingerprint density at radius 2 is 1.71 bits per heavy atom. The molecule has 1 aromatic carbocycles. The van der Waals surface area contributed by atoms with E-state index in [1.807, 2.05) is 0 Å². The third kappa shape index (κ3) is 2.19. The molecule has 1 aromatic heterocycles. The standard InChI is InChI=1S/C12H9F3O2/c1-6(16)10-2-3-11(17-10)12-8(14)4-7(13)5-9(12)15/h2-6,16H,1H3. The Hall–Kier alpha value is -1.75. The van der Waals surface area contributed by atoms with Crippen LogP contribution in [0.1, 0.15) is 18.8 Å². The third-order valence-electron chi connectivity index (χ3n) is 2.29. The van der Waals surface area contributed by atoms with Crippen LogP contribution in [0.15, 0.2) is 28.7 Å². The molecule has 90 valence electrons. The molecule has 2 rings (SSSR count). The Balaban J connectivity index is 2.52. The molecule has 0 amide bonds. The first-order valence-corrected chi connectivity index (χ1v) is 4.91. The molecule has 5 heteroatoms. The largest absolute Gasteiger partial charge is 0.458 e. The zero-order valence-electron chi connectivity index (χ0n) is 8.88. The smallest absolute Gasteiger partial charge is 0.140 e. The van der Waals surface area contributed by atoms with E-state index in [2.05, 4.69) is 0 Å². The van der Waals surface area contributed by atoms with Gasteiger partial charge in [-0.25, -0.2) is 13.2 Å². The number of halogens is 3. The van der Waals surface area contributed by atoms with E-state index in [-0.39, 0.29) is 11.5 Å². The van der Waals surface area contributed by atoms with Crippen molar-refractivity contribution in [2.75, 3.05) is 0 Å². The molecule has 17 heavy (non-hydrogen) atoms. The van der Waals surface area contributed by atoms with Gasteiger partial charge in [0.05, 0.1) is 5.56 Å². The molecular formula is C12H9F3O2. The predicted molar refractivity (Wildman–Crippen MR) is 54.7 cm³/mol. The van der Waals surface area contributed by atoms with Crippen LogP contribution in [0.3, 0.4) is 0 Å². The van der Waals surface area contributed by atoms with E-state index in [4.69, 9.17) is 4.42 Å². The third-order valence-corrected chi connectivity index (χ3v) is 2.29. The molecule has 0 aliphatic heterocycles. The molecule has 0 bridgehead atoms. The van der Waals surface area contributed by atoms with Gasteiger partial charge >= 0.3 is 0 Å². The molecule has 1 N–H and O–H groups in total. The van der Waals surface area contributed by atoms with Gasteiger partial charge in [0.15, 0.2) is 0 Å². The second-order valence-electron chi connectivity index (χ2n) is 3.62. The minimum atomic E-state index is -1.05. The van der Waals surface area contributed by atoms with Crippen LogP contribution in [0.25, 0.3) is 11.3 Å². The molecular weight excluding hydrogens is 233 g/mol. The average Bonchev–Trinajstić information content (AvgIpc) is 2.65. The predicted octanol–water partition coefficient (Wildman–Crippen LogP) is 3.42. The first kappa shape index (κ1) is 11.7. The zero-order valence-corrected chi connectivity index (χ0v) is 8.88. The normalized spacial score (nSPS) is 12.8. The SMILES string of the molecule is CC(O)c1ccc(-c2c(F)cc(F)cc2F)o1. The molecule has 1 atom stereocenters. The number of furan rings is 1. The van der Waals surface area contributed by atoms with E-state index >= 15 is 0 Å². The van der Waals surface area contributed by atoms with E-state index < -0.39 is 29.1 Å². The molecule has 2 aromatic rings. The minimum absolute atomic E-state index is 0.0871. The summed E-state index contributed by atoms with van der Waals surface area (Å²) in [5, 5.41) is 9.23. The first-order chi connectivity index (χ1) is 7.99. The molecule has 0 saturated heterocycles. The molecule has 1 unspecified atom stereocenters. The summed E-state index contributed by atoms with van der Waals surface area (Å²) in [6.45, 7) is 1.46. The van der Waals surface area contributed by atoms with Crippen molar-refractivity contribution in [3.05, 3.63) is 47.5 Å². The summed E-state index contributed by atoms with van der Waals surface area (Å²) in [5.74, 6) is -2.99. The molecule has 0 radical (unpaired) electrons. The van der Waals surface area contributed by atoms with Crippen LogP contribution in [-0.4, -0.2) is 5.11 Å². The van der Waals surface area contributed by atoms with Gasteiger partial charge in [-0.05, 0) is 19.1 Å². The Morgan fingerprint density at radius 1 is 1.12 bits per heavy atom. The fourth-order valence-corrected chi connectivity index (χ4v) is 1.49. The topological polar surface area (TPSA) is 33.4 Å². The van der Waals surface area contributed by atoms with Crippen molar-refractivity contribution >= 4 is 0 Å². The summed E-state index contributed by atoms with van der Waals surface area (Å²) >= 11 is 0. The maximum atomic E-state index is 13.4. The highest BCUT2D eigenvalue weighted by molar-refractivity contribution is 5.59. The summed E-state index contributed by atoms with van der Waals surface area (Å²) in [4.78, 5) is 0.